The lowest BCUT2D eigenvalue weighted by Crippen LogP contribution is -2.34. The maximum Gasteiger partial charge on any atom is 0.335 e. The molecule has 0 saturated heterocycles. The summed E-state index contributed by atoms with van der Waals surface area (Å²) in [4.78, 5) is 24.2. The van der Waals surface area contributed by atoms with E-state index in [-0.39, 0.29) is 18.1 Å². The van der Waals surface area contributed by atoms with Crippen molar-refractivity contribution in [2.45, 2.75) is 20.8 Å². The van der Waals surface area contributed by atoms with Crippen molar-refractivity contribution < 1.29 is 19.4 Å². The van der Waals surface area contributed by atoms with Crippen LogP contribution in [0.1, 0.15) is 29.8 Å². The number of carboxylic acid groups (broad SMARTS) is 1. The van der Waals surface area contributed by atoms with E-state index in [1.165, 1.54) is 12.1 Å². The first-order valence-electron chi connectivity index (χ1n) is 6.24. The molecular weight excluding hydrogens is 246 g/mol. The van der Waals surface area contributed by atoms with Crippen LogP contribution in [0.25, 0.3) is 0 Å². The lowest BCUT2D eigenvalue weighted by molar-refractivity contribution is -0.132. The molecule has 1 aromatic carbocycles. The second-order valence-electron chi connectivity index (χ2n) is 4.14. The van der Waals surface area contributed by atoms with Crippen LogP contribution in [-0.4, -0.2) is 41.6 Å². The minimum Gasteiger partial charge on any atom is -0.483 e. The van der Waals surface area contributed by atoms with Gasteiger partial charge in [0.25, 0.3) is 5.91 Å². The van der Waals surface area contributed by atoms with Gasteiger partial charge in [-0.2, -0.15) is 0 Å². The molecule has 0 aliphatic heterocycles. The Kier molecular flexibility index (Phi) is 5.36. The van der Waals surface area contributed by atoms with Gasteiger partial charge in [0.05, 0.1) is 5.56 Å². The molecule has 5 nitrogen and oxygen atoms in total. The second-order valence-corrected chi connectivity index (χ2v) is 4.14. The SMILES string of the molecule is CCN(CC)C(=O)COc1ccc(C(=O)O)cc1C. The monoisotopic (exact) mass is 265 g/mol. The van der Waals surface area contributed by atoms with E-state index >= 15 is 0 Å². The number of amides is 1. The summed E-state index contributed by atoms with van der Waals surface area (Å²) in [6, 6.07) is 4.57. The Balaban J connectivity index is 2.68. The van der Waals surface area contributed by atoms with Gasteiger partial charge >= 0.3 is 5.97 Å². The summed E-state index contributed by atoms with van der Waals surface area (Å²) in [5, 5.41) is 8.85. The maximum absolute atomic E-state index is 11.8. The Morgan fingerprint density at radius 1 is 1.26 bits per heavy atom. The highest BCUT2D eigenvalue weighted by Gasteiger charge is 2.12. The molecule has 0 unspecified atom stereocenters. The van der Waals surface area contributed by atoms with Crippen LogP contribution in [-0.2, 0) is 4.79 Å². The largest absolute Gasteiger partial charge is 0.483 e. The van der Waals surface area contributed by atoms with Gasteiger partial charge in [0, 0.05) is 13.1 Å². The van der Waals surface area contributed by atoms with Crippen LogP contribution in [0.3, 0.4) is 0 Å². The van der Waals surface area contributed by atoms with Gasteiger partial charge in [0.15, 0.2) is 6.61 Å². The van der Waals surface area contributed by atoms with Crippen LogP contribution in [0.4, 0.5) is 0 Å². The number of aryl methyl sites for hydroxylation is 1. The third-order valence-corrected chi connectivity index (χ3v) is 2.89. The number of carbonyl (C=O) groups excluding carboxylic acids is 1. The van der Waals surface area contributed by atoms with Crippen LogP contribution in [0, 0.1) is 6.92 Å². The van der Waals surface area contributed by atoms with Gasteiger partial charge in [0.2, 0.25) is 0 Å². The number of hydrogen-bond donors (Lipinski definition) is 1. The second kappa shape index (κ2) is 6.78. The Hall–Kier alpha value is -2.04. The van der Waals surface area contributed by atoms with E-state index in [1.54, 1.807) is 17.9 Å². The fourth-order valence-corrected chi connectivity index (χ4v) is 1.75. The molecule has 0 saturated carbocycles. The molecule has 0 fully saturated rings. The summed E-state index contributed by atoms with van der Waals surface area (Å²) in [7, 11) is 0. The molecule has 19 heavy (non-hydrogen) atoms. The summed E-state index contributed by atoms with van der Waals surface area (Å²) in [6.07, 6.45) is 0. The first-order chi connectivity index (χ1) is 8.99. The summed E-state index contributed by atoms with van der Waals surface area (Å²) in [6.45, 7) is 6.84. The van der Waals surface area contributed by atoms with E-state index in [2.05, 4.69) is 0 Å². The third-order valence-electron chi connectivity index (χ3n) is 2.89. The fourth-order valence-electron chi connectivity index (χ4n) is 1.75. The van der Waals surface area contributed by atoms with Gasteiger partial charge in [-0.3, -0.25) is 4.79 Å². The standard InChI is InChI=1S/C14H19NO4/c1-4-15(5-2)13(16)9-19-12-7-6-11(14(17)18)8-10(12)3/h6-8H,4-5,9H2,1-3H3,(H,17,18). The molecule has 104 valence electrons. The molecule has 0 spiro atoms. The lowest BCUT2D eigenvalue weighted by atomic mass is 10.1. The van der Waals surface area contributed by atoms with Crippen molar-refractivity contribution in [1.82, 2.24) is 4.90 Å². The molecule has 1 aromatic rings. The molecule has 1 N–H and O–H groups in total. The van der Waals surface area contributed by atoms with Crippen LogP contribution in [0.2, 0.25) is 0 Å². The molecule has 0 aromatic heterocycles. The van der Waals surface area contributed by atoms with Crippen LogP contribution in [0.15, 0.2) is 18.2 Å². The molecule has 0 aliphatic carbocycles. The first kappa shape index (κ1) is 15.0. The van der Waals surface area contributed by atoms with Gasteiger partial charge in [-0.25, -0.2) is 4.79 Å². The summed E-state index contributed by atoms with van der Waals surface area (Å²) < 4.78 is 5.43. The van der Waals surface area contributed by atoms with Gasteiger partial charge in [0.1, 0.15) is 5.75 Å². The molecule has 0 radical (unpaired) electrons. The minimum atomic E-state index is -0.978. The van der Waals surface area contributed by atoms with Crippen molar-refractivity contribution in [3.63, 3.8) is 0 Å². The van der Waals surface area contributed by atoms with Crippen molar-refractivity contribution in [3.05, 3.63) is 29.3 Å². The Labute approximate surface area is 112 Å². The van der Waals surface area contributed by atoms with Gasteiger partial charge in [-0.1, -0.05) is 0 Å². The fraction of sp³-hybridized carbons (Fsp3) is 0.429. The number of nitrogens with zero attached hydrogens (tertiary/aromatic N) is 1. The lowest BCUT2D eigenvalue weighted by Gasteiger charge is -2.19. The summed E-state index contributed by atoms with van der Waals surface area (Å²) in [5.74, 6) is -0.522. The quantitative estimate of drug-likeness (QED) is 0.853. The Morgan fingerprint density at radius 2 is 1.89 bits per heavy atom. The third kappa shape index (κ3) is 3.98. The van der Waals surface area contributed by atoms with Crippen molar-refractivity contribution in [2.75, 3.05) is 19.7 Å². The highest BCUT2D eigenvalue weighted by Crippen LogP contribution is 2.19. The molecule has 0 aliphatic rings. The van der Waals surface area contributed by atoms with E-state index in [4.69, 9.17) is 9.84 Å². The summed E-state index contributed by atoms with van der Waals surface area (Å²) >= 11 is 0. The molecular formula is C14H19NO4. The number of carboxylic acids is 1. The van der Waals surface area contributed by atoms with Gasteiger partial charge < -0.3 is 14.7 Å². The average molecular weight is 265 g/mol. The number of benzene rings is 1. The maximum atomic E-state index is 11.8. The van der Waals surface area contributed by atoms with E-state index < -0.39 is 5.97 Å². The topological polar surface area (TPSA) is 66.8 Å². The highest BCUT2D eigenvalue weighted by atomic mass is 16.5. The van der Waals surface area contributed by atoms with Crippen molar-refractivity contribution >= 4 is 11.9 Å². The van der Waals surface area contributed by atoms with Crippen LogP contribution in [0.5, 0.6) is 5.75 Å². The smallest absolute Gasteiger partial charge is 0.335 e. The first-order valence-corrected chi connectivity index (χ1v) is 6.24. The number of rotatable bonds is 6. The van der Waals surface area contributed by atoms with E-state index in [0.29, 0.717) is 24.4 Å². The molecule has 0 heterocycles. The van der Waals surface area contributed by atoms with E-state index in [0.717, 1.165) is 0 Å². The Morgan fingerprint density at radius 3 is 2.37 bits per heavy atom. The number of carbonyl (C=O) groups is 2. The van der Waals surface area contributed by atoms with Crippen molar-refractivity contribution in [3.8, 4) is 5.75 Å². The average Bonchev–Trinajstić information content (AvgIpc) is 2.38. The van der Waals surface area contributed by atoms with Crippen LogP contribution >= 0.6 is 0 Å². The zero-order chi connectivity index (χ0) is 14.4. The molecule has 0 bridgehead atoms. The highest BCUT2D eigenvalue weighted by molar-refractivity contribution is 5.88. The predicted octanol–water partition coefficient (Wildman–Crippen LogP) is 1.94. The zero-order valence-electron chi connectivity index (χ0n) is 11.5. The zero-order valence-corrected chi connectivity index (χ0v) is 11.5. The molecule has 0 atom stereocenters. The van der Waals surface area contributed by atoms with E-state index in [9.17, 15) is 9.59 Å². The van der Waals surface area contributed by atoms with Crippen LogP contribution < -0.4 is 4.74 Å². The predicted molar refractivity (Wildman–Crippen MR) is 71.6 cm³/mol. The molecule has 1 rings (SSSR count). The normalized spacial score (nSPS) is 10.1. The minimum absolute atomic E-state index is 0.0328. The van der Waals surface area contributed by atoms with Crippen molar-refractivity contribution in [1.29, 1.82) is 0 Å². The van der Waals surface area contributed by atoms with Crippen molar-refractivity contribution in [2.24, 2.45) is 0 Å². The van der Waals surface area contributed by atoms with Gasteiger partial charge in [-0.15, -0.1) is 0 Å². The van der Waals surface area contributed by atoms with E-state index in [1.807, 2.05) is 13.8 Å². The summed E-state index contributed by atoms with van der Waals surface area (Å²) in [5.41, 5.74) is 0.909. The number of aromatic carboxylic acids is 1. The van der Waals surface area contributed by atoms with Gasteiger partial charge in [-0.05, 0) is 44.5 Å². The Bertz CT molecular complexity index is 467. The molecule has 1 amide bonds. The number of likely N-dealkylation sites (N-methyl/N-ethyl adjacent to an activating group) is 1. The number of hydrogen-bond acceptors (Lipinski definition) is 3. The molecule has 5 heteroatoms. The number of ether oxygens (including phenoxy) is 1.